The Hall–Kier alpha value is -6.22. The normalized spacial score (nSPS) is 13.6. The fourth-order valence-corrected chi connectivity index (χ4v) is 10.9. The lowest BCUT2D eigenvalue weighted by Gasteiger charge is -2.23. The molecule has 53 heavy (non-hydrogen) atoms. The van der Waals surface area contributed by atoms with Crippen LogP contribution in [0.15, 0.2) is 162 Å². The molecule has 0 unspecified atom stereocenters. The first-order valence-corrected chi connectivity index (χ1v) is 19.2. The third kappa shape index (κ3) is 3.91. The molecule has 0 atom stereocenters. The molecule has 2 heteroatoms. The Morgan fingerprint density at radius 2 is 0.981 bits per heavy atom. The smallest absolute Gasteiger partial charge is 0.136 e. The first-order chi connectivity index (χ1) is 26.0. The van der Waals surface area contributed by atoms with Gasteiger partial charge in [-0.15, -0.1) is 11.3 Å². The largest absolute Gasteiger partial charge is 0.456 e. The molecule has 0 bridgehead atoms. The predicted molar refractivity (Wildman–Crippen MR) is 228 cm³/mol. The van der Waals surface area contributed by atoms with Crippen LogP contribution in [0, 0.1) is 0 Å². The number of benzene rings is 9. The topological polar surface area (TPSA) is 13.1 Å². The van der Waals surface area contributed by atoms with Crippen molar-refractivity contribution in [2.24, 2.45) is 0 Å². The molecule has 12 rings (SSSR count). The Kier molecular flexibility index (Phi) is 5.78. The van der Waals surface area contributed by atoms with Gasteiger partial charge in [0.25, 0.3) is 0 Å². The molecular formula is C51H32OS. The van der Waals surface area contributed by atoms with Crippen LogP contribution in [0.1, 0.15) is 25.0 Å². The summed E-state index contributed by atoms with van der Waals surface area (Å²) < 4.78 is 8.96. The van der Waals surface area contributed by atoms with Crippen LogP contribution >= 0.6 is 11.3 Å². The lowest BCUT2D eigenvalue weighted by molar-refractivity contribution is 0.665. The summed E-state index contributed by atoms with van der Waals surface area (Å²) in [6.45, 7) is 4.78. The van der Waals surface area contributed by atoms with Crippen LogP contribution in [0.4, 0.5) is 0 Å². The van der Waals surface area contributed by atoms with Gasteiger partial charge in [-0.05, 0) is 107 Å². The van der Waals surface area contributed by atoms with Crippen LogP contribution in [0.3, 0.4) is 0 Å². The lowest BCUT2D eigenvalue weighted by Crippen LogP contribution is -2.15. The van der Waals surface area contributed by atoms with Gasteiger partial charge in [-0.25, -0.2) is 0 Å². The highest BCUT2D eigenvalue weighted by Gasteiger charge is 2.37. The second kappa shape index (κ2) is 10.4. The van der Waals surface area contributed by atoms with E-state index in [9.17, 15) is 0 Å². The van der Waals surface area contributed by atoms with Crippen LogP contribution in [0.25, 0.3) is 108 Å². The zero-order chi connectivity index (χ0) is 35.0. The molecule has 0 N–H and O–H groups in total. The molecule has 0 saturated carbocycles. The summed E-state index contributed by atoms with van der Waals surface area (Å²) in [5.74, 6) is 0. The van der Waals surface area contributed by atoms with Crippen LogP contribution in [0.5, 0.6) is 0 Å². The Labute approximate surface area is 310 Å². The molecule has 1 aliphatic carbocycles. The van der Waals surface area contributed by atoms with Gasteiger partial charge in [-0.1, -0.05) is 141 Å². The third-order valence-corrected chi connectivity index (χ3v) is 13.2. The van der Waals surface area contributed by atoms with Gasteiger partial charge in [0.1, 0.15) is 11.2 Å². The van der Waals surface area contributed by atoms with E-state index in [4.69, 9.17) is 4.42 Å². The van der Waals surface area contributed by atoms with Crippen LogP contribution in [-0.2, 0) is 5.41 Å². The highest BCUT2D eigenvalue weighted by molar-refractivity contribution is 7.25. The number of thiophene rings is 1. The standard InChI is InChI=1S/C51H32OS/c1-51(2)42-25-20-29(27-41(42)39-23-22-37-38(50(39)51)24-26-44-49(37)40-16-7-9-17-43(40)52-44)47-33-12-3-5-14-35(33)48(36-15-6-4-13-34(36)47)30-19-21-32-31-11-8-10-18-45(31)53-46(32)28-30/h3-28H,1-2H3. The SMILES string of the molecule is CC1(C)c2ccc(-c3c4ccccc4c(-c4ccc5c(c4)sc4ccccc45)c4ccccc34)cc2-c2ccc3c(ccc4oc5ccccc5c43)c21. The summed E-state index contributed by atoms with van der Waals surface area (Å²) in [5.41, 5.74) is 12.3. The minimum absolute atomic E-state index is 0.158. The number of para-hydroxylation sites is 1. The summed E-state index contributed by atoms with van der Waals surface area (Å²) in [5, 5.41) is 12.7. The molecule has 9 aromatic carbocycles. The van der Waals surface area contributed by atoms with E-state index < -0.39 is 0 Å². The van der Waals surface area contributed by atoms with Crippen molar-refractivity contribution in [1.82, 2.24) is 0 Å². The van der Waals surface area contributed by atoms with E-state index in [1.807, 2.05) is 17.4 Å². The summed E-state index contributed by atoms with van der Waals surface area (Å²) in [6, 6.07) is 58.6. The van der Waals surface area contributed by atoms with E-state index in [2.05, 4.69) is 166 Å². The van der Waals surface area contributed by atoms with Crippen molar-refractivity contribution in [2.45, 2.75) is 19.3 Å². The van der Waals surface area contributed by atoms with Crippen molar-refractivity contribution in [1.29, 1.82) is 0 Å². The minimum Gasteiger partial charge on any atom is -0.456 e. The molecule has 1 nitrogen and oxygen atoms in total. The molecule has 0 radical (unpaired) electrons. The quantitative estimate of drug-likeness (QED) is 0.164. The van der Waals surface area contributed by atoms with Gasteiger partial charge >= 0.3 is 0 Å². The third-order valence-electron chi connectivity index (χ3n) is 12.0. The first-order valence-electron chi connectivity index (χ1n) is 18.4. The fourth-order valence-electron chi connectivity index (χ4n) is 9.76. The van der Waals surface area contributed by atoms with Crippen molar-refractivity contribution in [3.63, 3.8) is 0 Å². The van der Waals surface area contributed by atoms with E-state index in [1.54, 1.807) is 0 Å². The maximum atomic E-state index is 6.30. The first kappa shape index (κ1) is 29.4. The number of furan rings is 1. The Morgan fingerprint density at radius 1 is 0.415 bits per heavy atom. The van der Waals surface area contributed by atoms with Crippen molar-refractivity contribution in [3.8, 4) is 33.4 Å². The monoisotopic (exact) mass is 692 g/mol. The van der Waals surface area contributed by atoms with Gasteiger partial charge in [-0.3, -0.25) is 0 Å². The Bertz CT molecular complexity index is 3320. The maximum Gasteiger partial charge on any atom is 0.136 e. The molecule has 0 saturated heterocycles. The van der Waals surface area contributed by atoms with E-state index in [0.717, 1.165) is 11.2 Å². The van der Waals surface area contributed by atoms with Gasteiger partial charge < -0.3 is 4.42 Å². The highest BCUT2D eigenvalue weighted by atomic mass is 32.1. The summed E-state index contributed by atoms with van der Waals surface area (Å²) >= 11 is 1.88. The summed E-state index contributed by atoms with van der Waals surface area (Å²) in [6.07, 6.45) is 0. The molecule has 2 heterocycles. The molecule has 248 valence electrons. The van der Waals surface area contributed by atoms with Gasteiger partial charge in [0.2, 0.25) is 0 Å². The maximum absolute atomic E-state index is 6.30. The van der Waals surface area contributed by atoms with Crippen LogP contribution < -0.4 is 0 Å². The Morgan fingerprint density at radius 3 is 1.72 bits per heavy atom. The molecule has 0 fully saturated rings. The van der Waals surface area contributed by atoms with Crippen molar-refractivity contribution >= 4 is 85.8 Å². The second-order valence-corrected chi connectivity index (χ2v) is 16.2. The fraction of sp³-hybridized carbons (Fsp3) is 0.0588. The number of rotatable bonds is 2. The highest BCUT2D eigenvalue weighted by Crippen LogP contribution is 2.54. The summed E-state index contributed by atoms with van der Waals surface area (Å²) in [4.78, 5) is 0. The van der Waals surface area contributed by atoms with Crippen molar-refractivity contribution < 1.29 is 4.42 Å². The molecule has 1 aliphatic rings. The number of hydrogen-bond acceptors (Lipinski definition) is 2. The average Bonchev–Trinajstić information content (AvgIpc) is 3.84. The van der Waals surface area contributed by atoms with E-state index >= 15 is 0 Å². The number of fused-ring (bicyclic) bond motifs is 14. The Balaban J connectivity index is 1.09. The average molecular weight is 693 g/mol. The molecule has 11 aromatic rings. The van der Waals surface area contributed by atoms with Gasteiger partial charge in [0.15, 0.2) is 0 Å². The van der Waals surface area contributed by atoms with Gasteiger partial charge in [0, 0.05) is 36.4 Å². The molecule has 0 aliphatic heterocycles. The molecule has 2 aromatic heterocycles. The van der Waals surface area contributed by atoms with E-state index in [1.165, 1.54) is 108 Å². The van der Waals surface area contributed by atoms with Crippen LogP contribution in [0.2, 0.25) is 0 Å². The number of hydrogen-bond donors (Lipinski definition) is 0. The minimum atomic E-state index is -0.158. The summed E-state index contributed by atoms with van der Waals surface area (Å²) in [7, 11) is 0. The zero-order valence-corrected chi connectivity index (χ0v) is 30.1. The predicted octanol–water partition coefficient (Wildman–Crippen LogP) is 15.1. The van der Waals surface area contributed by atoms with Crippen molar-refractivity contribution in [3.05, 3.63) is 169 Å². The van der Waals surface area contributed by atoms with E-state index in [0.29, 0.717) is 0 Å². The zero-order valence-electron chi connectivity index (χ0n) is 29.3. The molecule has 0 spiro atoms. The van der Waals surface area contributed by atoms with Crippen LogP contribution in [-0.4, -0.2) is 0 Å². The van der Waals surface area contributed by atoms with Gasteiger partial charge in [-0.2, -0.15) is 0 Å². The molecular weight excluding hydrogens is 661 g/mol. The van der Waals surface area contributed by atoms with Crippen molar-refractivity contribution in [2.75, 3.05) is 0 Å². The van der Waals surface area contributed by atoms with E-state index in [-0.39, 0.29) is 5.41 Å². The second-order valence-electron chi connectivity index (χ2n) is 15.2. The van der Waals surface area contributed by atoms with Gasteiger partial charge in [0.05, 0.1) is 0 Å². The lowest BCUT2D eigenvalue weighted by atomic mass is 9.79. The molecule has 0 amide bonds.